The van der Waals surface area contributed by atoms with Crippen LogP contribution in [0.15, 0.2) is 12.1 Å². The fourth-order valence-corrected chi connectivity index (χ4v) is 2.57. The van der Waals surface area contributed by atoms with Gasteiger partial charge >= 0.3 is 0 Å². The quantitative estimate of drug-likeness (QED) is 0.795. The highest BCUT2D eigenvalue weighted by molar-refractivity contribution is 7.87. The van der Waals surface area contributed by atoms with Gasteiger partial charge in [0.15, 0.2) is 11.6 Å². The summed E-state index contributed by atoms with van der Waals surface area (Å²) in [6, 6.07) is -0.492. The van der Waals surface area contributed by atoms with Crippen molar-refractivity contribution in [3.05, 3.63) is 34.9 Å². The topological polar surface area (TPSA) is 72.2 Å². The zero-order valence-corrected chi connectivity index (χ0v) is 9.57. The fourth-order valence-electron chi connectivity index (χ4n) is 1.95. The summed E-state index contributed by atoms with van der Waals surface area (Å²) in [5.74, 6) is -6.39. The van der Waals surface area contributed by atoms with E-state index in [0.717, 1.165) is 6.07 Å². The largest absolute Gasteiger partial charge is 0.275 e. The Morgan fingerprint density at radius 1 is 1.33 bits per heavy atom. The van der Waals surface area contributed by atoms with E-state index in [1.807, 2.05) is 0 Å². The predicted octanol–water partition coefficient (Wildman–Crippen LogP) is 0.990. The third-order valence-corrected chi connectivity index (χ3v) is 3.21. The summed E-state index contributed by atoms with van der Waals surface area (Å²) < 4.78 is 76.7. The summed E-state index contributed by atoms with van der Waals surface area (Å²) in [6.07, 6.45) is -0.882. The second kappa shape index (κ2) is 3.90. The van der Waals surface area contributed by atoms with Crippen LogP contribution in [0.2, 0.25) is 0 Å². The molecule has 0 saturated heterocycles. The minimum Gasteiger partial charge on any atom is -0.216 e. The molecule has 1 aromatic rings. The molecule has 1 aromatic carbocycles. The van der Waals surface area contributed by atoms with E-state index in [-0.39, 0.29) is 5.56 Å². The van der Waals surface area contributed by atoms with Crippen LogP contribution in [-0.4, -0.2) is 14.3 Å². The number of nitrogens with two attached hydrogens (primary N) is 1. The van der Waals surface area contributed by atoms with Gasteiger partial charge in [-0.3, -0.25) is 0 Å². The van der Waals surface area contributed by atoms with E-state index >= 15 is 0 Å². The summed E-state index contributed by atoms with van der Waals surface area (Å²) in [6.45, 7) is 0. The molecule has 1 atom stereocenters. The highest BCUT2D eigenvalue weighted by Crippen LogP contribution is 2.44. The number of alkyl halides is 2. The molecule has 4 nitrogen and oxygen atoms in total. The van der Waals surface area contributed by atoms with Crippen molar-refractivity contribution in [1.82, 2.24) is 4.72 Å². The third-order valence-electron chi connectivity index (χ3n) is 2.64. The molecule has 0 aromatic heterocycles. The van der Waals surface area contributed by atoms with Crippen molar-refractivity contribution in [3.8, 4) is 0 Å². The maximum atomic E-state index is 13.6. The molecule has 1 aliphatic carbocycles. The van der Waals surface area contributed by atoms with Gasteiger partial charge in [0.25, 0.3) is 16.1 Å². The van der Waals surface area contributed by atoms with Gasteiger partial charge in [0.05, 0.1) is 0 Å². The predicted molar refractivity (Wildman–Crippen MR) is 54.0 cm³/mol. The van der Waals surface area contributed by atoms with Gasteiger partial charge in [0.1, 0.15) is 6.04 Å². The van der Waals surface area contributed by atoms with Gasteiger partial charge in [-0.1, -0.05) is 6.07 Å². The van der Waals surface area contributed by atoms with Gasteiger partial charge in [-0.15, -0.1) is 0 Å². The van der Waals surface area contributed by atoms with Crippen LogP contribution in [0.5, 0.6) is 0 Å². The molecule has 0 bridgehead atoms. The van der Waals surface area contributed by atoms with E-state index in [2.05, 4.69) is 5.14 Å². The molecule has 0 saturated carbocycles. The van der Waals surface area contributed by atoms with Crippen molar-refractivity contribution >= 4 is 10.2 Å². The number of fused-ring (bicyclic) bond motifs is 1. The summed E-state index contributed by atoms with van der Waals surface area (Å²) in [7, 11) is -4.47. The number of benzene rings is 1. The van der Waals surface area contributed by atoms with Crippen molar-refractivity contribution in [1.29, 1.82) is 0 Å². The van der Waals surface area contributed by atoms with Crippen LogP contribution in [0, 0.1) is 11.6 Å². The molecular weight excluding hydrogens is 276 g/mol. The third kappa shape index (κ3) is 2.20. The van der Waals surface area contributed by atoms with Gasteiger partial charge in [-0.05, 0) is 11.6 Å². The van der Waals surface area contributed by atoms with Crippen LogP contribution in [0.1, 0.15) is 17.2 Å². The van der Waals surface area contributed by atoms with Crippen LogP contribution < -0.4 is 9.86 Å². The van der Waals surface area contributed by atoms with Crippen molar-refractivity contribution in [2.45, 2.75) is 18.4 Å². The van der Waals surface area contributed by atoms with Gasteiger partial charge in [0.2, 0.25) is 0 Å². The van der Waals surface area contributed by atoms with E-state index in [9.17, 15) is 26.0 Å². The standard InChI is InChI=1S/C9H8F4N2O2S/c10-5-2-1-4-3-9(12,13)8(6(4)7(5)11)15-18(14,16)17/h1-2,8,15H,3H2,(H2,14,16,17)/t8-/m0/s1. The van der Waals surface area contributed by atoms with Gasteiger partial charge in [-0.2, -0.15) is 13.1 Å². The zero-order chi connectivity index (χ0) is 13.7. The van der Waals surface area contributed by atoms with Crippen molar-refractivity contribution in [3.63, 3.8) is 0 Å². The van der Waals surface area contributed by atoms with Gasteiger partial charge in [0, 0.05) is 12.0 Å². The van der Waals surface area contributed by atoms with E-state index < -0.39 is 45.8 Å². The summed E-state index contributed by atoms with van der Waals surface area (Å²) in [4.78, 5) is 0. The Morgan fingerprint density at radius 2 is 1.94 bits per heavy atom. The molecule has 2 rings (SSSR count). The lowest BCUT2D eigenvalue weighted by atomic mass is 10.1. The van der Waals surface area contributed by atoms with Gasteiger partial charge in [-0.25, -0.2) is 22.7 Å². The van der Waals surface area contributed by atoms with Crippen molar-refractivity contribution in [2.24, 2.45) is 5.14 Å². The molecule has 0 aliphatic heterocycles. The monoisotopic (exact) mass is 284 g/mol. The number of rotatable bonds is 2. The Bertz CT molecular complexity index is 603. The summed E-state index contributed by atoms with van der Waals surface area (Å²) >= 11 is 0. The summed E-state index contributed by atoms with van der Waals surface area (Å²) in [5.41, 5.74) is -0.853. The minimum absolute atomic E-state index is 0.153. The lowest BCUT2D eigenvalue weighted by Crippen LogP contribution is -2.41. The second-order valence-electron chi connectivity index (χ2n) is 3.97. The molecule has 0 fully saturated rings. The average Bonchev–Trinajstić information content (AvgIpc) is 2.43. The Labute approximate surface area is 100.0 Å². The van der Waals surface area contributed by atoms with E-state index in [0.29, 0.717) is 6.07 Å². The van der Waals surface area contributed by atoms with Crippen LogP contribution in [0.25, 0.3) is 0 Å². The van der Waals surface area contributed by atoms with E-state index in [4.69, 9.17) is 0 Å². The smallest absolute Gasteiger partial charge is 0.216 e. The highest BCUT2D eigenvalue weighted by atomic mass is 32.2. The Hall–Kier alpha value is -1.19. The fraction of sp³-hybridized carbons (Fsp3) is 0.333. The van der Waals surface area contributed by atoms with Gasteiger partial charge < -0.3 is 0 Å². The molecule has 9 heteroatoms. The van der Waals surface area contributed by atoms with Crippen LogP contribution in [0.3, 0.4) is 0 Å². The molecule has 18 heavy (non-hydrogen) atoms. The first-order valence-corrected chi connectivity index (χ1v) is 6.31. The van der Waals surface area contributed by atoms with Crippen molar-refractivity contribution in [2.75, 3.05) is 0 Å². The maximum absolute atomic E-state index is 13.6. The Balaban J connectivity index is 2.57. The van der Waals surface area contributed by atoms with E-state index in [1.165, 1.54) is 4.72 Å². The van der Waals surface area contributed by atoms with E-state index in [1.54, 1.807) is 0 Å². The number of hydrogen-bond acceptors (Lipinski definition) is 2. The molecule has 0 unspecified atom stereocenters. The Morgan fingerprint density at radius 3 is 2.50 bits per heavy atom. The van der Waals surface area contributed by atoms with Crippen LogP contribution in [0.4, 0.5) is 17.6 Å². The normalized spacial score (nSPS) is 21.9. The van der Waals surface area contributed by atoms with Crippen molar-refractivity contribution < 1.29 is 26.0 Å². The Kier molecular flexibility index (Phi) is 2.87. The first-order valence-electron chi connectivity index (χ1n) is 4.76. The molecule has 0 spiro atoms. The summed E-state index contributed by atoms with van der Waals surface area (Å²) in [5, 5.41) is 4.59. The molecular formula is C9H8F4N2O2S. The minimum atomic E-state index is -4.47. The number of nitrogens with one attached hydrogen (secondary N) is 1. The molecule has 3 N–H and O–H groups in total. The number of halogens is 4. The maximum Gasteiger partial charge on any atom is 0.275 e. The first-order chi connectivity index (χ1) is 8.12. The SMILES string of the molecule is NS(=O)(=O)N[C@H]1c2c(ccc(F)c2F)CC1(F)F. The molecule has 0 radical (unpaired) electrons. The van der Waals surface area contributed by atoms with Crippen LogP contribution in [-0.2, 0) is 16.6 Å². The van der Waals surface area contributed by atoms with Crippen LogP contribution >= 0.6 is 0 Å². The second-order valence-corrected chi connectivity index (χ2v) is 5.29. The zero-order valence-electron chi connectivity index (χ0n) is 8.75. The highest BCUT2D eigenvalue weighted by Gasteiger charge is 2.50. The lowest BCUT2D eigenvalue weighted by molar-refractivity contribution is -0.0194. The molecule has 0 heterocycles. The molecule has 100 valence electrons. The number of hydrogen-bond donors (Lipinski definition) is 2. The molecule has 1 aliphatic rings. The average molecular weight is 284 g/mol. The lowest BCUT2D eigenvalue weighted by Gasteiger charge is -2.20. The first kappa shape index (κ1) is 13.2. The molecule has 0 amide bonds.